The number of rotatable bonds is 6. The molecule has 0 amide bonds. The molecule has 0 aliphatic rings. The molecule has 0 aliphatic heterocycles. The third kappa shape index (κ3) is 4.92. The van der Waals surface area contributed by atoms with Gasteiger partial charge in [0.1, 0.15) is 18.0 Å². The van der Waals surface area contributed by atoms with Crippen LogP contribution in [0.1, 0.15) is 13.8 Å². The van der Waals surface area contributed by atoms with Gasteiger partial charge >= 0.3 is 0 Å². The van der Waals surface area contributed by atoms with Gasteiger partial charge in [-0.15, -0.1) is 0 Å². The van der Waals surface area contributed by atoms with E-state index in [1.54, 1.807) is 19.3 Å². The van der Waals surface area contributed by atoms with Gasteiger partial charge in [-0.25, -0.2) is 0 Å². The minimum absolute atomic E-state index is 0.234. The molecule has 16 heavy (non-hydrogen) atoms. The zero-order valence-electron chi connectivity index (χ0n) is 9.53. The molecule has 1 unspecified atom stereocenters. The standard InChI is InChI=1S/C11H17BrN2O2/c1-3-13-7-11(2,15)8-16-10-4-9(12)5-14-6-10/h4-6,13,15H,3,7-8H2,1-2H3. The molecular formula is C11H17BrN2O2. The van der Waals surface area contributed by atoms with Gasteiger partial charge in [-0.3, -0.25) is 4.98 Å². The fourth-order valence-corrected chi connectivity index (χ4v) is 1.50. The molecule has 1 rings (SSSR count). The minimum Gasteiger partial charge on any atom is -0.489 e. The van der Waals surface area contributed by atoms with Crippen molar-refractivity contribution < 1.29 is 9.84 Å². The van der Waals surface area contributed by atoms with Crippen molar-refractivity contribution in [3.8, 4) is 5.75 Å². The smallest absolute Gasteiger partial charge is 0.138 e. The highest BCUT2D eigenvalue weighted by atomic mass is 79.9. The second-order valence-corrected chi connectivity index (χ2v) is 4.82. The van der Waals surface area contributed by atoms with Crippen molar-refractivity contribution in [2.45, 2.75) is 19.4 Å². The summed E-state index contributed by atoms with van der Waals surface area (Å²) < 4.78 is 6.32. The summed E-state index contributed by atoms with van der Waals surface area (Å²) >= 11 is 3.31. The van der Waals surface area contributed by atoms with Crippen molar-refractivity contribution in [2.75, 3.05) is 19.7 Å². The van der Waals surface area contributed by atoms with Crippen molar-refractivity contribution in [1.82, 2.24) is 10.3 Å². The predicted octanol–water partition coefficient (Wildman–Crippen LogP) is 1.58. The van der Waals surface area contributed by atoms with Crippen LogP contribution in [0.3, 0.4) is 0 Å². The molecule has 0 bridgehead atoms. The van der Waals surface area contributed by atoms with E-state index in [0.29, 0.717) is 12.3 Å². The van der Waals surface area contributed by atoms with Gasteiger partial charge in [0.2, 0.25) is 0 Å². The molecule has 1 heterocycles. The Kier molecular flexibility index (Phi) is 5.18. The maximum atomic E-state index is 9.96. The van der Waals surface area contributed by atoms with Crippen LogP contribution in [-0.4, -0.2) is 35.4 Å². The Morgan fingerprint density at radius 3 is 2.94 bits per heavy atom. The molecule has 0 saturated carbocycles. The van der Waals surface area contributed by atoms with Gasteiger partial charge in [0.15, 0.2) is 0 Å². The van der Waals surface area contributed by atoms with Crippen LogP contribution in [-0.2, 0) is 0 Å². The predicted molar refractivity (Wildman–Crippen MR) is 66.6 cm³/mol. The van der Waals surface area contributed by atoms with E-state index in [4.69, 9.17) is 4.74 Å². The second kappa shape index (κ2) is 6.18. The number of aromatic nitrogens is 1. The Hall–Kier alpha value is -0.650. The Bertz CT molecular complexity index is 332. The first-order valence-electron chi connectivity index (χ1n) is 5.20. The molecule has 1 aromatic heterocycles. The molecule has 0 aliphatic carbocycles. The van der Waals surface area contributed by atoms with E-state index in [1.807, 2.05) is 13.0 Å². The number of ether oxygens (including phenoxy) is 1. The van der Waals surface area contributed by atoms with Crippen LogP contribution in [0, 0.1) is 0 Å². The lowest BCUT2D eigenvalue weighted by Gasteiger charge is -2.23. The van der Waals surface area contributed by atoms with Crippen LogP contribution < -0.4 is 10.1 Å². The lowest BCUT2D eigenvalue weighted by Crippen LogP contribution is -2.42. The Morgan fingerprint density at radius 2 is 2.31 bits per heavy atom. The van der Waals surface area contributed by atoms with Crippen LogP contribution in [0.4, 0.5) is 0 Å². The van der Waals surface area contributed by atoms with Crippen LogP contribution in [0.25, 0.3) is 0 Å². The Morgan fingerprint density at radius 1 is 1.56 bits per heavy atom. The van der Waals surface area contributed by atoms with E-state index in [9.17, 15) is 5.11 Å². The molecule has 0 aromatic carbocycles. The summed E-state index contributed by atoms with van der Waals surface area (Å²) in [5.41, 5.74) is -0.877. The maximum absolute atomic E-state index is 9.96. The number of hydrogen-bond acceptors (Lipinski definition) is 4. The number of aliphatic hydroxyl groups is 1. The zero-order chi connectivity index (χ0) is 12.0. The summed E-state index contributed by atoms with van der Waals surface area (Å²) in [4.78, 5) is 3.98. The van der Waals surface area contributed by atoms with Crippen LogP contribution in [0.2, 0.25) is 0 Å². The molecule has 0 fully saturated rings. The zero-order valence-corrected chi connectivity index (χ0v) is 11.1. The van der Waals surface area contributed by atoms with Gasteiger partial charge in [0.25, 0.3) is 0 Å². The average Bonchev–Trinajstić information content (AvgIpc) is 2.24. The number of halogens is 1. The molecule has 2 N–H and O–H groups in total. The van der Waals surface area contributed by atoms with Gasteiger partial charge < -0.3 is 15.2 Å². The molecule has 1 aromatic rings. The fourth-order valence-electron chi connectivity index (χ4n) is 1.16. The lowest BCUT2D eigenvalue weighted by molar-refractivity contribution is 0.0126. The monoisotopic (exact) mass is 288 g/mol. The molecule has 0 radical (unpaired) electrons. The highest BCUT2D eigenvalue weighted by Gasteiger charge is 2.20. The molecule has 0 saturated heterocycles. The highest BCUT2D eigenvalue weighted by Crippen LogP contribution is 2.17. The van der Waals surface area contributed by atoms with E-state index in [1.165, 1.54) is 0 Å². The van der Waals surface area contributed by atoms with Crippen LogP contribution in [0.15, 0.2) is 22.9 Å². The first kappa shape index (κ1) is 13.4. The largest absolute Gasteiger partial charge is 0.489 e. The molecular weight excluding hydrogens is 272 g/mol. The van der Waals surface area contributed by atoms with E-state index >= 15 is 0 Å². The van der Waals surface area contributed by atoms with E-state index in [0.717, 1.165) is 11.0 Å². The number of pyridine rings is 1. The highest BCUT2D eigenvalue weighted by molar-refractivity contribution is 9.10. The maximum Gasteiger partial charge on any atom is 0.138 e. The number of nitrogens with one attached hydrogen (secondary N) is 1. The van der Waals surface area contributed by atoms with Gasteiger partial charge in [-0.05, 0) is 35.5 Å². The normalized spacial score (nSPS) is 14.5. The summed E-state index contributed by atoms with van der Waals surface area (Å²) in [6.07, 6.45) is 3.30. The number of likely N-dealkylation sites (N-methyl/N-ethyl adjacent to an activating group) is 1. The number of nitrogens with zero attached hydrogens (tertiary/aromatic N) is 1. The summed E-state index contributed by atoms with van der Waals surface area (Å²) in [5.74, 6) is 0.645. The quantitative estimate of drug-likeness (QED) is 0.835. The van der Waals surface area contributed by atoms with E-state index in [2.05, 4.69) is 26.2 Å². The van der Waals surface area contributed by atoms with Gasteiger partial charge in [-0.1, -0.05) is 6.92 Å². The first-order valence-corrected chi connectivity index (χ1v) is 5.99. The third-order valence-corrected chi connectivity index (χ3v) is 2.42. The molecule has 90 valence electrons. The molecule has 4 nitrogen and oxygen atoms in total. The van der Waals surface area contributed by atoms with Crippen molar-refractivity contribution in [3.63, 3.8) is 0 Å². The molecule has 1 atom stereocenters. The summed E-state index contributed by atoms with van der Waals surface area (Å²) in [7, 11) is 0. The van der Waals surface area contributed by atoms with E-state index < -0.39 is 5.60 Å². The summed E-state index contributed by atoms with van der Waals surface area (Å²) in [5, 5.41) is 13.0. The Labute approximate surface area is 104 Å². The summed E-state index contributed by atoms with van der Waals surface area (Å²) in [6, 6.07) is 1.82. The van der Waals surface area contributed by atoms with E-state index in [-0.39, 0.29) is 6.61 Å². The van der Waals surface area contributed by atoms with Crippen molar-refractivity contribution >= 4 is 15.9 Å². The van der Waals surface area contributed by atoms with Crippen LogP contribution in [0.5, 0.6) is 5.75 Å². The third-order valence-electron chi connectivity index (χ3n) is 1.99. The number of hydrogen-bond donors (Lipinski definition) is 2. The van der Waals surface area contributed by atoms with Gasteiger partial charge in [0, 0.05) is 17.2 Å². The first-order chi connectivity index (χ1) is 7.53. The van der Waals surface area contributed by atoms with Gasteiger partial charge in [-0.2, -0.15) is 0 Å². The van der Waals surface area contributed by atoms with Crippen molar-refractivity contribution in [2.24, 2.45) is 0 Å². The van der Waals surface area contributed by atoms with Crippen molar-refractivity contribution in [3.05, 3.63) is 22.9 Å². The van der Waals surface area contributed by atoms with Gasteiger partial charge in [0.05, 0.1) is 6.20 Å². The fraction of sp³-hybridized carbons (Fsp3) is 0.545. The summed E-state index contributed by atoms with van der Waals surface area (Å²) in [6.45, 7) is 5.30. The second-order valence-electron chi connectivity index (χ2n) is 3.90. The lowest BCUT2D eigenvalue weighted by atomic mass is 10.1. The minimum atomic E-state index is -0.877. The molecule has 5 heteroatoms. The van der Waals surface area contributed by atoms with Crippen LogP contribution >= 0.6 is 15.9 Å². The average molecular weight is 289 g/mol. The topological polar surface area (TPSA) is 54.4 Å². The Balaban J connectivity index is 2.44. The van der Waals surface area contributed by atoms with Crippen molar-refractivity contribution in [1.29, 1.82) is 0 Å². The molecule has 0 spiro atoms. The SMILES string of the molecule is CCNCC(C)(O)COc1cncc(Br)c1.